The predicted octanol–water partition coefficient (Wildman–Crippen LogP) is 1.92. The summed E-state index contributed by atoms with van der Waals surface area (Å²) >= 11 is 0. The fraction of sp³-hybridized carbons (Fsp3) is 0.600. The number of benzene rings is 1. The molecule has 0 aliphatic heterocycles. The SMILES string of the molecule is CCOc1cccc(C(C)(O)CCNCCOC)c1. The van der Waals surface area contributed by atoms with Crippen LogP contribution in [0, 0.1) is 0 Å². The van der Waals surface area contributed by atoms with Gasteiger partial charge in [-0.1, -0.05) is 12.1 Å². The van der Waals surface area contributed by atoms with Gasteiger partial charge in [0, 0.05) is 13.7 Å². The van der Waals surface area contributed by atoms with Crippen molar-refractivity contribution in [1.29, 1.82) is 0 Å². The van der Waals surface area contributed by atoms with Gasteiger partial charge in [-0.2, -0.15) is 0 Å². The zero-order chi connectivity index (χ0) is 14.1. The Kier molecular flexibility index (Phi) is 6.84. The van der Waals surface area contributed by atoms with Gasteiger partial charge in [-0.05, 0) is 44.5 Å². The van der Waals surface area contributed by atoms with Crippen molar-refractivity contribution in [2.24, 2.45) is 0 Å². The summed E-state index contributed by atoms with van der Waals surface area (Å²) in [4.78, 5) is 0. The van der Waals surface area contributed by atoms with Gasteiger partial charge in [0.15, 0.2) is 0 Å². The highest BCUT2D eigenvalue weighted by atomic mass is 16.5. The summed E-state index contributed by atoms with van der Waals surface area (Å²) in [5, 5.41) is 13.7. The van der Waals surface area contributed by atoms with Crippen LogP contribution in [0.4, 0.5) is 0 Å². The molecule has 0 saturated carbocycles. The summed E-state index contributed by atoms with van der Waals surface area (Å²) in [6.07, 6.45) is 0.645. The van der Waals surface area contributed by atoms with Crippen molar-refractivity contribution in [2.45, 2.75) is 25.9 Å². The second kappa shape index (κ2) is 8.15. The van der Waals surface area contributed by atoms with Crippen molar-refractivity contribution in [3.8, 4) is 5.75 Å². The van der Waals surface area contributed by atoms with Crippen LogP contribution in [0.1, 0.15) is 25.8 Å². The molecule has 1 atom stereocenters. The van der Waals surface area contributed by atoms with Gasteiger partial charge < -0.3 is 19.9 Å². The van der Waals surface area contributed by atoms with Crippen LogP contribution in [0.25, 0.3) is 0 Å². The maximum Gasteiger partial charge on any atom is 0.119 e. The second-order valence-electron chi connectivity index (χ2n) is 4.73. The number of hydrogen-bond acceptors (Lipinski definition) is 4. The van der Waals surface area contributed by atoms with E-state index in [1.165, 1.54) is 0 Å². The Hall–Kier alpha value is -1.10. The van der Waals surface area contributed by atoms with Crippen LogP contribution in [0.5, 0.6) is 5.75 Å². The molecule has 0 saturated heterocycles. The molecular weight excluding hydrogens is 242 g/mol. The Morgan fingerprint density at radius 2 is 2.11 bits per heavy atom. The molecule has 0 amide bonds. The maximum atomic E-state index is 10.5. The highest BCUT2D eigenvalue weighted by Gasteiger charge is 2.22. The molecule has 4 nitrogen and oxygen atoms in total. The molecule has 0 fully saturated rings. The predicted molar refractivity (Wildman–Crippen MR) is 76.5 cm³/mol. The third-order valence-electron chi connectivity index (χ3n) is 3.04. The third kappa shape index (κ3) is 5.59. The number of nitrogens with one attached hydrogen (secondary N) is 1. The molecule has 0 bridgehead atoms. The molecule has 0 radical (unpaired) electrons. The van der Waals surface area contributed by atoms with Crippen molar-refractivity contribution in [3.05, 3.63) is 29.8 Å². The molecule has 0 aromatic heterocycles. The lowest BCUT2D eigenvalue weighted by atomic mass is 9.92. The van der Waals surface area contributed by atoms with Crippen LogP contribution < -0.4 is 10.1 Å². The Bertz CT molecular complexity index is 366. The van der Waals surface area contributed by atoms with E-state index in [1.54, 1.807) is 7.11 Å². The largest absolute Gasteiger partial charge is 0.494 e. The summed E-state index contributed by atoms with van der Waals surface area (Å²) in [7, 11) is 1.68. The third-order valence-corrected chi connectivity index (χ3v) is 3.04. The van der Waals surface area contributed by atoms with Crippen molar-refractivity contribution in [2.75, 3.05) is 33.4 Å². The molecule has 108 valence electrons. The summed E-state index contributed by atoms with van der Waals surface area (Å²) < 4.78 is 10.4. The Morgan fingerprint density at radius 1 is 1.32 bits per heavy atom. The number of methoxy groups -OCH3 is 1. The highest BCUT2D eigenvalue weighted by Crippen LogP contribution is 2.27. The van der Waals surface area contributed by atoms with E-state index >= 15 is 0 Å². The van der Waals surface area contributed by atoms with Gasteiger partial charge in [0.2, 0.25) is 0 Å². The van der Waals surface area contributed by atoms with E-state index < -0.39 is 5.60 Å². The normalized spacial score (nSPS) is 14.1. The molecule has 1 aromatic carbocycles. The standard InChI is InChI=1S/C15H25NO3/c1-4-19-14-7-5-6-13(12-14)15(2,17)8-9-16-10-11-18-3/h5-7,12,16-17H,4,8-11H2,1-3H3. The van der Waals surface area contributed by atoms with Gasteiger partial charge in [0.1, 0.15) is 5.75 Å². The summed E-state index contributed by atoms with van der Waals surface area (Å²) in [6, 6.07) is 7.64. The molecule has 0 heterocycles. The van der Waals surface area contributed by atoms with E-state index in [2.05, 4.69) is 5.32 Å². The zero-order valence-electron chi connectivity index (χ0n) is 12.1. The number of hydrogen-bond donors (Lipinski definition) is 2. The molecule has 1 aromatic rings. The fourth-order valence-electron chi connectivity index (χ4n) is 1.86. The lowest BCUT2D eigenvalue weighted by Gasteiger charge is -2.24. The molecule has 4 heteroatoms. The number of aliphatic hydroxyl groups is 1. The first-order valence-corrected chi connectivity index (χ1v) is 6.75. The van der Waals surface area contributed by atoms with E-state index in [9.17, 15) is 5.11 Å². The monoisotopic (exact) mass is 267 g/mol. The minimum Gasteiger partial charge on any atom is -0.494 e. The first-order valence-electron chi connectivity index (χ1n) is 6.75. The van der Waals surface area contributed by atoms with Gasteiger partial charge in [0.05, 0.1) is 18.8 Å². The van der Waals surface area contributed by atoms with Crippen LogP contribution in [-0.4, -0.2) is 38.5 Å². The van der Waals surface area contributed by atoms with E-state index in [-0.39, 0.29) is 0 Å². The van der Waals surface area contributed by atoms with Gasteiger partial charge in [0.25, 0.3) is 0 Å². The summed E-state index contributed by atoms with van der Waals surface area (Å²) in [5.41, 5.74) is 0.0275. The van der Waals surface area contributed by atoms with E-state index in [0.29, 0.717) is 19.6 Å². The minimum atomic E-state index is -0.854. The molecular formula is C15H25NO3. The fourth-order valence-corrected chi connectivity index (χ4v) is 1.86. The van der Waals surface area contributed by atoms with Crippen molar-refractivity contribution >= 4 is 0 Å². The van der Waals surface area contributed by atoms with Crippen LogP contribution in [0.2, 0.25) is 0 Å². The van der Waals surface area contributed by atoms with Crippen LogP contribution >= 0.6 is 0 Å². The van der Waals surface area contributed by atoms with Gasteiger partial charge >= 0.3 is 0 Å². The Morgan fingerprint density at radius 3 is 2.79 bits per heavy atom. The minimum absolute atomic E-state index is 0.629. The van der Waals surface area contributed by atoms with Gasteiger partial charge in [-0.15, -0.1) is 0 Å². The first-order chi connectivity index (χ1) is 9.10. The highest BCUT2D eigenvalue weighted by molar-refractivity contribution is 5.32. The Balaban J connectivity index is 2.53. The quantitative estimate of drug-likeness (QED) is 0.671. The van der Waals surface area contributed by atoms with Gasteiger partial charge in [-0.25, -0.2) is 0 Å². The second-order valence-corrected chi connectivity index (χ2v) is 4.73. The molecule has 1 unspecified atom stereocenters. The lowest BCUT2D eigenvalue weighted by Crippen LogP contribution is -2.29. The van der Waals surface area contributed by atoms with E-state index in [0.717, 1.165) is 24.4 Å². The first kappa shape index (κ1) is 16.0. The van der Waals surface area contributed by atoms with E-state index in [1.807, 2.05) is 38.1 Å². The smallest absolute Gasteiger partial charge is 0.119 e. The van der Waals surface area contributed by atoms with Gasteiger partial charge in [-0.3, -0.25) is 0 Å². The average molecular weight is 267 g/mol. The molecule has 0 spiro atoms. The zero-order valence-corrected chi connectivity index (χ0v) is 12.1. The molecule has 1 rings (SSSR count). The maximum absolute atomic E-state index is 10.5. The van der Waals surface area contributed by atoms with Crippen molar-refractivity contribution < 1.29 is 14.6 Å². The molecule has 2 N–H and O–H groups in total. The van der Waals surface area contributed by atoms with Crippen LogP contribution in [0.3, 0.4) is 0 Å². The average Bonchev–Trinajstić information content (AvgIpc) is 2.39. The number of ether oxygens (including phenoxy) is 2. The molecule has 0 aliphatic carbocycles. The Labute approximate surface area is 115 Å². The van der Waals surface area contributed by atoms with Crippen LogP contribution in [-0.2, 0) is 10.3 Å². The summed E-state index contributed by atoms with van der Waals surface area (Å²) in [6.45, 7) is 6.63. The lowest BCUT2D eigenvalue weighted by molar-refractivity contribution is 0.0472. The van der Waals surface area contributed by atoms with Crippen LogP contribution in [0.15, 0.2) is 24.3 Å². The van der Waals surface area contributed by atoms with E-state index in [4.69, 9.17) is 9.47 Å². The topological polar surface area (TPSA) is 50.7 Å². The number of rotatable bonds is 9. The van der Waals surface area contributed by atoms with Crippen molar-refractivity contribution in [1.82, 2.24) is 5.32 Å². The summed E-state index contributed by atoms with van der Waals surface area (Å²) in [5.74, 6) is 0.799. The molecule has 0 aliphatic rings. The van der Waals surface area contributed by atoms with Crippen molar-refractivity contribution in [3.63, 3.8) is 0 Å². The molecule has 19 heavy (non-hydrogen) atoms.